The summed E-state index contributed by atoms with van der Waals surface area (Å²) in [5, 5.41) is 7.38. The van der Waals surface area contributed by atoms with Gasteiger partial charge in [0.2, 0.25) is 5.91 Å². The normalized spacial score (nSPS) is 16.6. The molecule has 1 N–H and O–H groups in total. The highest BCUT2D eigenvalue weighted by Gasteiger charge is 2.31. The van der Waals surface area contributed by atoms with Crippen molar-refractivity contribution in [1.29, 1.82) is 0 Å². The number of benzene rings is 1. The first-order chi connectivity index (χ1) is 13.6. The fourth-order valence-corrected chi connectivity index (χ4v) is 5.45. The van der Waals surface area contributed by atoms with Crippen molar-refractivity contribution in [2.24, 2.45) is 0 Å². The third kappa shape index (κ3) is 4.14. The van der Waals surface area contributed by atoms with Gasteiger partial charge in [0, 0.05) is 42.6 Å². The maximum Gasteiger partial charge on any atom is 0.234 e. The van der Waals surface area contributed by atoms with Crippen LogP contribution in [0.2, 0.25) is 0 Å². The molecule has 3 heterocycles. The van der Waals surface area contributed by atoms with Crippen LogP contribution in [0, 0.1) is 0 Å². The minimum absolute atomic E-state index is 0.0805. The minimum atomic E-state index is 0.0805. The average Bonchev–Trinajstić information content (AvgIpc) is 3.38. The van der Waals surface area contributed by atoms with Gasteiger partial charge >= 0.3 is 0 Å². The summed E-state index contributed by atoms with van der Waals surface area (Å²) in [4.78, 5) is 19.8. The summed E-state index contributed by atoms with van der Waals surface area (Å²) < 4.78 is 0. The van der Waals surface area contributed by atoms with Gasteiger partial charge in [-0.25, -0.2) is 0 Å². The molecule has 146 valence electrons. The molecule has 0 unspecified atom stereocenters. The van der Waals surface area contributed by atoms with Crippen LogP contribution in [-0.4, -0.2) is 38.0 Å². The Hall–Kier alpha value is -2.15. The van der Waals surface area contributed by atoms with Gasteiger partial charge in [0.25, 0.3) is 0 Å². The predicted molar refractivity (Wildman–Crippen MR) is 118 cm³/mol. The molecular formula is C22H25N3OS2. The molecule has 0 saturated carbocycles. The monoisotopic (exact) mass is 411 g/mol. The molecule has 0 radical (unpaired) electrons. The van der Waals surface area contributed by atoms with E-state index in [1.165, 1.54) is 15.3 Å². The van der Waals surface area contributed by atoms with Gasteiger partial charge in [0.15, 0.2) is 0 Å². The number of carbonyl (C=O) groups excluding carboxylic acids is 1. The van der Waals surface area contributed by atoms with Crippen LogP contribution in [0.1, 0.15) is 26.9 Å². The van der Waals surface area contributed by atoms with Crippen molar-refractivity contribution in [2.45, 2.75) is 19.0 Å². The molecule has 0 saturated heterocycles. The van der Waals surface area contributed by atoms with Crippen molar-refractivity contribution in [1.82, 2.24) is 10.2 Å². The Labute approximate surface area is 174 Å². The standard InChI is InChI=1S/C22H25N3OS2/c1-24(2)17-7-5-16(6-8-17)14-23-21(26)15-25-11-9-19-18(10-13-28-19)22(25)20-4-3-12-27-20/h3-8,10,12-13,22H,9,11,14-15H2,1-2H3,(H,23,26)/t22-/m1/s1. The number of anilines is 1. The van der Waals surface area contributed by atoms with Crippen LogP contribution in [0.25, 0.3) is 0 Å². The summed E-state index contributed by atoms with van der Waals surface area (Å²) in [6.45, 7) is 1.91. The molecule has 0 spiro atoms. The van der Waals surface area contributed by atoms with Crippen LogP contribution in [0.15, 0.2) is 53.2 Å². The molecule has 1 aliphatic rings. The van der Waals surface area contributed by atoms with Crippen LogP contribution in [0.4, 0.5) is 5.69 Å². The summed E-state index contributed by atoms with van der Waals surface area (Å²) in [7, 11) is 4.05. The van der Waals surface area contributed by atoms with E-state index in [-0.39, 0.29) is 11.9 Å². The fourth-order valence-electron chi connectivity index (χ4n) is 3.67. The Morgan fingerprint density at radius 2 is 1.96 bits per heavy atom. The van der Waals surface area contributed by atoms with Crippen LogP contribution < -0.4 is 10.2 Å². The van der Waals surface area contributed by atoms with Gasteiger partial charge in [-0.3, -0.25) is 9.69 Å². The highest BCUT2D eigenvalue weighted by Crippen LogP contribution is 2.39. The van der Waals surface area contributed by atoms with E-state index in [2.05, 4.69) is 68.3 Å². The predicted octanol–water partition coefficient (Wildman–Crippen LogP) is 4.14. The Bertz CT molecular complexity index is 916. The van der Waals surface area contributed by atoms with Crippen molar-refractivity contribution in [2.75, 3.05) is 32.1 Å². The number of thiophene rings is 2. The summed E-state index contributed by atoms with van der Waals surface area (Å²) in [6, 6.07) is 15.0. The van der Waals surface area contributed by atoms with E-state index >= 15 is 0 Å². The van der Waals surface area contributed by atoms with Crippen molar-refractivity contribution < 1.29 is 4.79 Å². The Kier molecular flexibility index (Phi) is 5.80. The zero-order valence-corrected chi connectivity index (χ0v) is 17.9. The number of nitrogens with zero attached hydrogens (tertiary/aromatic N) is 2. The molecular weight excluding hydrogens is 386 g/mol. The van der Waals surface area contributed by atoms with Gasteiger partial charge in [-0.05, 0) is 52.6 Å². The topological polar surface area (TPSA) is 35.6 Å². The zero-order chi connectivity index (χ0) is 19.5. The van der Waals surface area contributed by atoms with E-state index in [1.807, 2.05) is 25.4 Å². The quantitative estimate of drug-likeness (QED) is 0.662. The summed E-state index contributed by atoms with van der Waals surface area (Å²) >= 11 is 3.60. The van der Waals surface area contributed by atoms with E-state index in [4.69, 9.17) is 0 Å². The molecule has 1 aliphatic heterocycles. The summed E-state index contributed by atoms with van der Waals surface area (Å²) in [5.41, 5.74) is 3.65. The molecule has 4 rings (SSSR count). The SMILES string of the molecule is CN(C)c1ccc(CNC(=O)CN2CCc3sccc3[C@@H]2c2cccs2)cc1. The molecule has 0 aliphatic carbocycles. The largest absolute Gasteiger partial charge is 0.378 e. The number of fused-ring (bicyclic) bond motifs is 1. The molecule has 0 fully saturated rings. The Morgan fingerprint density at radius 1 is 1.14 bits per heavy atom. The highest BCUT2D eigenvalue weighted by atomic mass is 32.1. The highest BCUT2D eigenvalue weighted by molar-refractivity contribution is 7.10. The van der Waals surface area contributed by atoms with E-state index in [0.717, 1.165) is 24.2 Å². The van der Waals surface area contributed by atoms with Gasteiger partial charge in [-0.15, -0.1) is 22.7 Å². The second-order valence-electron chi connectivity index (χ2n) is 7.28. The van der Waals surface area contributed by atoms with Gasteiger partial charge in [-0.2, -0.15) is 0 Å². The molecule has 4 nitrogen and oxygen atoms in total. The lowest BCUT2D eigenvalue weighted by Crippen LogP contribution is -2.42. The number of rotatable bonds is 6. The third-order valence-corrected chi connectivity index (χ3v) is 7.09. The molecule has 0 bridgehead atoms. The van der Waals surface area contributed by atoms with Crippen LogP contribution >= 0.6 is 22.7 Å². The smallest absolute Gasteiger partial charge is 0.234 e. The lowest BCUT2D eigenvalue weighted by atomic mass is 9.98. The molecule has 1 aromatic carbocycles. The molecule has 6 heteroatoms. The van der Waals surface area contributed by atoms with Crippen molar-refractivity contribution in [3.63, 3.8) is 0 Å². The van der Waals surface area contributed by atoms with Crippen molar-refractivity contribution in [3.05, 3.63) is 74.1 Å². The van der Waals surface area contributed by atoms with Gasteiger partial charge in [-0.1, -0.05) is 18.2 Å². The van der Waals surface area contributed by atoms with E-state index < -0.39 is 0 Å². The lowest BCUT2D eigenvalue weighted by molar-refractivity contribution is -0.122. The van der Waals surface area contributed by atoms with Gasteiger partial charge in [0.05, 0.1) is 12.6 Å². The lowest BCUT2D eigenvalue weighted by Gasteiger charge is -2.34. The molecule has 1 amide bonds. The maximum atomic E-state index is 12.7. The summed E-state index contributed by atoms with van der Waals surface area (Å²) in [5.74, 6) is 0.0805. The first-order valence-corrected chi connectivity index (χ1v) is 11.2. The number of amides is 1. The van der Waals surface area contributed by atoms with E-state index in [9.17, 15) is 4.79 Å². The maximum absolute atomic E-state index is 12.7. The first-order valence-electron chi connectivity index (χ1n) is 9.48. The Balaban J connectivity index is 1.40. The molecule has 28 heavy (non-hydrogen) atoms. The third-order valence-electron chi connectivity index (χ3n) is 5.17. The van der Waals surface area contributed by atoms with Gasteiger partial charge < -0.3 is 10.2 Å². The number of nitrogens with one attached hydrogen (secondary N) is 1. The van der Waals surface area contributed by atoms with Crippen LogP contribution in [0.5, 0.6) is 0 Å². The van der Waals surface area contributed by atoms with E-state index in [1.54, 1.807) is 11.3 Å². The van der Waals surface area contributed by atoms with E-state index in [0.29, 0.717) is 13.1 Å². The number of hydrogen-bond acceptors (Lipinski definition) is 5. The second kappa shape index (κ2) is 8.47. The van der Waals surface area contributed by atoms with Crippen molar-refractivity contribution >= 4 is 34.3 Å². The first kappa shape index (κ1) is 19.2. The number of hydrogen-bond donors (Lipinski definition) is 1. The minimum Gasteiger partial charge on any atom is -0.378 e. The van der Waals surface area contributed by atoms with Crippen LogP contribution in [-0.2, 0) is 17.8 Å². The Morgan fingerprint density at radius 3 is 2.68 bits per heavy atom. The zero-order valence-electron chi connectivity index (χ0n) is 16.2. The molecule has 1 atom stereocenters. The number of carbonyl (C=O) groups is 1. The molecule has 2 aromatic heterocycles. The fraction of sp³-hybridized carbons (Fsp3) is 0.318. The van der Waals surface area contributed by atoms with Crippen molar-refractivity contribution in [3.8, 4) is 0 Å². The van der Waals surface area contributed by atoms with Gasteiger partial charge in [0.1, 0.15) is 0 Å². The average molecular weight is 412 g/mol. The van der Waals surface area contributed by atoms with Crippen LogP contribution in [0.3, 0.4) is 0 Å². The molecule has 3 aromatic rings. The second-order valence-corrected chi connectivity index (χ2v) is 9.26. The summed E-state index contributed by atoms with van der Waals surface area (Å²) in [6.07, 6.45) is 1.02.